The van der Waals surface area contributed by atoms with Gasteiger partial charge in [-0.05, 0) is 35.8 Å². The van der Waals surface area contributed by atoms with Crippen molar-refractivity contribution in [3.8, 4) is 0 Å². The Morgan fingerprint density at radius 1 is 1.33 bits per heavy atom. The highest BCUT2D eigenvalue weighted by atomic mass is 79.9. The fourth-order valence-corrected chi connectivity index (χ4v) is 2.23. The van der Waals surface area contributed by atoms with E-state index in [1.165, 1.54) is 5.56 Å². The smallest absolute Gasteiger partial charge is 0.170 e. The molecule has 2 N–H and O–H groups in total. The van der Waals surface area contributed by atoms with Gasteiger partial charge in [0.15, 0.2) is 5.11 Å². The van der Waals surface area contributed by atoms with Crippen molar-refractivity contribution in [3.05, 3.63) is 46.7 Å². The lowest BCUT2D eigenvalue weighted by molar-refractivity contribution is 0.627. The van der Waals surface area contributed by atoms with E-state index < -0.39 is 0 Å². The summed E-state index contributed by atoms with van der Waals surface area (Å²) in [6.45, 7) is 5.89. The van der Waals surface area contributed by atoms with E-state index in [1.807, 2.05) is 23.0 Å². The van der Waals surface area contributed by atoms with Gasteiger partial charge in [-0.3, -0.25) is 4.68 Å². The number of hydrogen-bond acceptors (Lipinski definition) is 2. The molecule has 0 unspecified atom stereocenters. The van der Waals surface area contributed by atoms with E-state index in [0.29, 0.717) is 11.0 Å². The van der Waals surface area contributed by atoms with Crippen LogP contribution in [0.5, 0.6) is 0 Å². The van der Waals surface area contributed by atoms with Gasteiger partial charge in [-0.1, -0.05) is 41.9 Å². The molecule has 6 heteroatoms. The standard InChI is InChI=1S/C15H19BrN4S/c1-11(2)7-17-15(21)19-14-8-18-20(10-14)9-12-3-5-13(16)6-4-12/h3-6,8,10-11H,7,9H2,1-2H3,(H2,17,19,21). The van der Waals surface area contributed by atoms with Gasteiger partial charge in [0, 0.05) is 17.2 Å². The molecule has 0 saturated carbocycles. The van der Waals surface area contributed by atoms with E-state index in [4.69, 9.17) is 12.2 Å². The SMILES string of the molecule is CC(C)CNC(=S)Nc1cnn(Cc2ccc(Br)cc2)c1. The van der Waals surface area contributed by atoms with E-state index in [-0.39, 0.29) is 0 Å². The van der Waals surface area contributed by atoms with Crippen LogP contribution in [0.25, 0.3) is 0 Å². The Morgan fingerprint density at radius 3 is 2.71 bits per heavy atom. The van der Waals surface area contributed by atoms with Crippen LogP contribution in [0.2, 0.25) is 0 Å². The fourth-order valence-electron chi connectivity index (χ4n) is 1.76. The summed E-state index contributed by atoms with van der Waals surface area (Å²) in [5, 5.41) is 11.3. The minimum absolute atomic E-state index is 0.560. The van der Waals surface area contributed by atoms with Gasteiger partial charge in [0.1, 0.15) is 0 Å². The molecule has 0 fully saturated rings. The molecule has 0 atom stereocenters. The molecule has 0 aliphatic rings. The first-order valence-corrected chi connectivity index (χ1v) is 8.05. The van der Waals surface area contributed by atoms with E-state index in [2.05, 4.69) is 57.6 Å². The second kappa shape index (κ2) is 7.56. The van der Waals surface area contributed by atoms with Crippen molar-refractivity contribution in [2.24, 2.45) is 5.92 Å². The maximum absolute atomic E-state index is 5.24. The van der Waals surface area contributed by atoms with Crippen LogP contribution in [0.1, 0.15) is 19.4 Å². The molecule has 1 aromatic carbocycles. The Labute approximate surface area is 139 Å². The molecule has 0 spiro atoms. The van der Waals surface area contributed by atoms with E-state index in [0.717, 1.165) is 23.2 Å². The first kappa shape index (κ1) is 16.0. The Bertz CT molecular complexity index is 592. The molecule has 0 bridgehead atoms. The van der Waals surface area contributed by atoms with Crippen LogP contribution in [0.4, 0.5) is 5.69 Å². The molecular formula is C15H19BrN4S. The molecule has 0 saturated heterocycles. The number of rotatable bonds is 5. The third-order valence-electron chi connectivity index (χ3n) is 2.82. The lowest BCUT2D eigenvalue weighted by atomic mass is 10.2. The quantitative estimate of drug-likeness (QED) is 0.792. The van der Waals surface area contributed by atoms with Crippen LogP contribution >= 0.6 is 28.1 Å². The summed E-state index contributed by atoms with van der Waals surface area (Å²) in [5.74, 6) is 0.560. The number of nitrogens with one attached hydrogen (secondary N) is 2. The topological polar surface area (TPSA) is 41.9 Å². The van der Waals surface area contributed by atoms with E-state index in [9.17, 15) is 0 Å². The second-order valence-corrected chi connectivity index (χ2v) is 6.61. The molecule has 0 radical (unpaired) electrons. The van der Waals surface area contributed by atoms with Gasteiger partial charge in [-0.2, -0.15) is 5.10 Å². The average molecular weight is 367 g/mol. The predicted octanol–water partition coefficient (Wildman–Crippen LogP) is 3.64. The maximum atomic E-state index is 5.24. The van der Waals surface area contributed by atoms with Crippen molar-refractivity contribution in [1.82, 2.24) is 15.1 Å². The Hall–Kier alpha value is -1.40. The zero-order valence-electron chi connectivity index (χ0n) is 12.1. The normalized spacial score (nSPS) is 10.7. The minimum Gasteiger partial charge on any atom is -0.362 e. The molecule has 0 amide bonds. The van der Waals surface area contributed by atoms with Crippen molar-refractivity contribution in [3.63, 3.8) is 0 Å². The Balaban J connectivity index is 1.89. The van der Waals surface area contributed by atoms with Crippen molar-refractivity contribution in [2.75, 3.05) is 11.9 Å². The highest BCUT2D eigenvalue weighted by molar-refractivity contribution is 9.10. The van der Waals surface area contributed by atoms with Crippen LogP contribution in [0.15, 0.2) is 41.1 Å². The predicted molar refractivity (Wildman–Crippen MR) is 94.5 cm³/mol. The molecule has 4 nitrogen and oxygen atoms in total. The van der Waals surface area contributed by atoms with Gasteiger partial charge < -0.3 is 10.6 Å². The summed E-state index contributed by atoms with van der Waals surface area (Å²) in [4.78, 5) is 0. The van der Waals surface area contributed by atoms with Crippen molar-refractivity contribution in [2.45, 2.75) is 20.4 Å². The van der Waals surface area contributed by atoms with Crippen LogP contribution in [0.3, 0.4) is 0 Å². The third-order valence-corrected chi connectivity index (χ3v) is 3.59. The fraction of sp³-hybridized carbons (Fsp3) is 0.333. The first-order valence-electron chi connectivity index (χ1n) is 6.84. The number of aromatic nitrogens is 2. The van der Waals surface area contributed by atoms with Crippen LogP contribution in [-0.4, -0.2) is 21.4 Å². The zero-order valence-corrected chi connectivity index (χ0v) is 14.5. The number of anilines is 1. The number of halogens is 1. The summed E-state index contributed by atoms with van der Waals surface area (Å²) in [5.41, 5.74) is 2.10. The Morgan fingerprint density at radius 2 is 2.05 bits per heavy atom. The van der Waals surface area contributed by atoms with Crippen LogP contribution < -0.4 is 10.6 Å². The summed E-state index contributed by atoms with van der Waals surface area (Å²) in [7, 11) is 0. The lowest BCUT2D eigenvalue weighted by Gasteiger charge is -2.10. The molecular weight excluding hydrogens is 348 g/mol. The van der Waals surface area contributed by atoms with Crippen LogP contribution in [-0.2, 0) is 6.54 Å². The molecule has 1 aromatic heterocycles. The second-order valence-electron chi connectivity index (χ2n) is 5.28. The number of nitrogens with zero attached hydrogens (tertiary/aromatic N) is 2. The molecule has 21 heavy (non-hydrogen) atoms. The van der Waals surface area contributed by atoms with Gasteiger partial charge in [0.25, 0.3) is 0 Å². The summed E-state index contributed by atoms with van der Waals surface area (Å²) >= 11 is 8.68. The molecule has 2 rings (SSSR count). The monoisotopic (exact) mass is 366 g/mol. The van der Waals surface area contributed by atoms with Gasteiger partial charge in [0.05, 0.1) is 18.4 Å². The number of benzene rings is 1. The largest absolute Gasteiger partial charge is 0.362 e. The first-order chi connectivity index (χ1) is 10.0. The average Bonchev–Trinajstić information content (AvgIpc) is 2.86. The van der Waals surface area contributed by atoms with E-state index >= 15 is 0 Å². The number of hydrogen-bond donors (Lipinski definition) is 2. The lowest BCUT2D eigenvalue weighted by Crippen LogP contribution is -2.31. The van der Waals surface area contributed by atoms with Crippen LogP contribution in [0, 0.1) is 5.92 Å². The zero-order chi connectivity index (χ0) is 15.2. The van der Waals surface area contributed by atoms with Gasteiger partial charge >= 0.3 is 0 Å². The molecule has 112 valence electrons. The van der Waals surface area contributed by atoms with Crippen molar-refractivity contribution >= 4 is 38.9 Å². The van der Waals surface area contributed by atoms with Crippen molar-refractivity contribution < 1.29 is 0 Å². The minimum atomic E-state index is 0.560. The number of thiocarbonyl (C=S) groups is 1. The molecule has 2 aromatic rings. The highest BCUT2D eigenvalue weighted by Crippen LogP contribution is 2.12. The maximum Gasteiger partial charge on any atom is 0.170 e. The molecule has 0 aliphatic heterocycles. The Kier molecular flexibility index (Phi) is 5.76. The molecule has 1 heterocycles. The molecule has 0 aliphatic carbocycles. The van der Waals surface area contributed by atoms with Gasteiger partial charge in [0.2, 0.25) is 0 Å². The highest BCUT2D eigenvalue weighted by Gasteiger charge is 2.03. The summed E-state index contributed by atoms with van der Waals surface area (Å²) in [6.07, 6.45) is 3.73. The van der Waals surface area contributed by atoms with Gasteiger partial charge in [-0.25, -0.2) is 0 Å². The van der Waals surface area contributed by atoms with Gasteiger partial charge in [-0.15, -0.1) is 0 Å². The summed E-state index contributed by atoms with van der Waals surface area (Å²) < 4.78 is 2.96. The third kappa shape index (κ3) is 5.47. The van der Waals surface area contributed by atoms with E-state index in [1.54, 1.807) is 6.20 Å². The summed E-state index contributed by atoms with van der Waals surface area (Å²) in [6, 6.07) is 8.22. The van der Waals surface area contributed by atoms with Crippen molar-refractivity contribution in [1.29, 1.82) is 0 Å².